The van der Waals surface area contributed by atoms with E-state index in [1.165, 1.54) is 0 Å². The first-order valence-corrected chi connectivity index (χ1v) is 17.2. The standard InChI is InChI=1S/C32H40Br2N2O2.CH4S/c1-5-9-11-21(7-3)19-35-27-15-13-23(33)17-25(27)29(31(35)37)30-26-18-24(34)14-16-28(26)36(32(30)38)20-22(8-4)12-10-6-2;1-2/h13-18,21-22H,5-12,19-20H2,1-4H3;2H,1H3/b30-29+;. The summed E-state index contributed by atoms with van der Waals surface area (Å²) in [5.74, 6) is 0.756. The Morgan fingerprint density at radius 1 is 0.675 bits per heavy atom. The van der Waals surface area contributed by atoms with Gasteiger partial charge in [0.05, 0.1) is 22.5 Å². The molecule has 0 bridgehead atoms. The molecule has 2 aliphatic rings. The van der Waals surface area contributed by atoms with E-state index in [9.17, 15) is 9.59 Å². The average molecular weight is 693 g/mol. The molecule has 2 atom stereocenters. The van der Waals surface area contributed by atoms with Crippen molar-refractivity contribution in [3.05, 3.63) is 56.5 Å². The number of rotatable bonds is 12. The molecule has 2 aromatic carbocycles. The number of anilines is 2. The number of benzene rings is 2. The Morgan fingerprint density at radius 2 is 1.05 bits per heavy atom. The summed E-state index contributed by atoms with van der Waals surface area (Å²) in [6.07, 6.45) is 10.6. The lowest BCUT2D eigenvalue weighted by Crippen LogP contribution is -2.34. The van der Waals surface area contributed by atoms with Gasteiger partial charge in [-0.2, -0.15) is 12.6 Å². The number of carbonyl (C=O) groups excluding carboxylic acids is 2. The summed E-state index contributed by atoms with van der Waals surface area (Å²) in [5, 5.41) is 0. The summed E-state index contributed by atoms with van der Waals surface area (Å²) in [6, 6.07) is 12.0. The Morgan fingerprint density at radius 3 is 1.38 bits per heavy atom. The molecule has 0 radical (unpaired) electrons. The molecule has 2 aliphatic heterocycles. The van der Waals surface area contributed by atoms with Crippen molar-refractivity contribution in [3.8, 4) is 0 Å². The molecule has 0 aromatic heterocycles. The van der Waals surface area contributed by atoms with E-state index in [2.05, 4.69) is 72.2 Å². The SMILES string of the molecule is CCCCC(CC)CN1C(=O)/C(=C2/C(=O)N(CC(CC)CCCC)c3ccc(Br)cc32)c2cc(Br)ccc21.CS. The van der Waals surface area contributed by atoms with Gasteiger partial charge >= 0.3 is 0 Å². The van der Waals surface area contributed by atoms with Gasteiger partial charge in [0.25, 0.3) is 11.8 Å². The molecule has 4 nitrogen and oxygen atoms in total. The average Bonchev–Trinajstić information content (AvgIpc) is 3.37. The van der Waals surface area contributed by atoms with Crippen molar-refractivity contribution >= 4 is 78.8 Å². The van der Waals surface area contributed by atoms with Crippen molar-refractivity contribution in [2.75, 3.05) is 29.1 Å². The zero-order valence-electron chi connectivity index (χ0n) is 24.6. The van der Waals surface area contributed by atoms with Crippen LogP contribution in [0.2, 0.25) is 0 Å². The molecule has 0 saturated carbocycles. The minimum Gasteiger partial charge on any atom is -0.307 e. The van der Waals surface area contributed by atoms with Gasteiger partial charge < -0.3 is 9.80 Å². The molecule has 2 unspecified atom stereocenters. The third-order valence-corrected chi connectivity index (χ3v) is 9.16. The quantitative estimate of drug-likeness (QED) is 0.178. The van der Waals surface area contributed by atoms with Crippen LogP contribution < -0.4 is 9.80 Å². The fraction of sp³-hybridized carbons (Fsp3) is 0.515. The van der Waals surface area contributed by atoms with E-state index in [1.807, 2.05) is 46.2 Å². The van der Waals surface area contributed by atoms with Crippen molar-refractivity contribution in [1.82, 2.24) is 0 Å². The van der Waals surface area contributed by atoms with Gasteiger partial charge in [-0.25, -0.2) is 0 Å². The normalized spacial score (nSPS) is 17.5. The smallest absolute Gasteiger partial charge is 0.259 e. The molecule has 4 rings (SSSR count). The van der Waals surface area contributed by atoms with Crippen LogP contribution in [0.5, 0.6) is 0 Å². The van der Waals surface area contributed by atoms with Crippen LogP contribution in [0.15, 0.2) is 45.3 Å². The van der Waals surface area contributed by atoms with Crippen LogP contribution in [0.25, 0.3) is 11.1 Å². The first-order valence-electron chi connectivity index (χ1n) is 14.8. The van der Waals surface area contributed by atoms with Crippen LogP contribution in [-0.2, 0) is 9.59 Å². The first-order chi connectivity index (χ1) is 19.3. The van der Waals surface area contributed by atoms with Gasteiger partial charge in [-0.1, -0.05) is 98.1 Å². The highest BCUT2D eigenvalue weighted by Gasteiger charge is 2.43. The number of carbonyl (C=O) groups is 2. The maximum atomic E-state index is 14.2. The fourth-order valence-electron chi connectivity index (χ4n) is 5.80. The highest BCUT2D eigenvalue weighted by atomic mass is 79.9. The Labute approximate surface area is 263 Å². The molecule has 2 heterocycles. The number of hydrogen-bond donors (Lipinski definition) is 1. The fourth-order valence-corrected chi connectivity index (χ4v) is 6.53. The van der Waals surface area contributed by atoms with Crippen LogP contribution in [0.3, 0.4) is 0 Å². The molecule has 0 saturated heterocycles. The highest BCUT2D eigenvalue weighted by molar-refractivity contribution is 9.10. The summed E-state index contributed by atoms with van der Waals surface area (Å²) in [4.78, 5) is 32.3. The molecule has 2 amide bonds. The zero-order chi connectivity index (χ0) is 29.4. The second kappa shape index (κ2) is 15.6. The van der Waals surface area contributed by atoms with Gasteiger partial charge in [0.1, 0.15) is 0 Å². The predicted octanol–water partition coefficient (Wildman–Crippen LogP) is 9.79. The second-order valence-corrected chi connectivity index (χ2v) is 12.6. The van der Waals surface area contributed by atoms with Gasteiger partial charge in [-0.05, 0) is 67.3 Å². The Balaban J connectivity index is 0.00000216. The number of hydrogen-bond acceptors (Lipinski definition) is 3. The summed E-state index contributed by atoms with van der Waals surface area (Å²) in [5.41, 5.74) is 4.61. The van der Waals surface area contributed by atoms with E-state index in [1.54, 1.807) is 6.26 Å². The van der Waals surface area contributed by atoms with Crippen LogP contribution in [0.4, 0.5) is 11.4 Å². The molecule has 218 valence electrons. The van der Waals surface area contributed by atoms with Gasteiger partial charge in [0, 0.05) is 33.2 Å². The molecule has 0 aliphatic carbocycles. The van der Waals surface area contributed by atoms with Crippen LogP contribution >= 0.6 is 44.5 Å². The third-order valence-electron chi connectivity index (χ3n) is 8.17. The number of unbranched alkanes of at least 4 members (excludes halogenated alkanes) is 2. The largest absolute Gasteiger partial charge is 0.307 e. The maximum Gasteiger partial charge on any atom is 0.259 e. The van der Waals surface area contributed by atoms with Gasteiger partial charge in [-0.3, -0.25) is 9.59 Å². The first kappa shape index (κ1) is 32.9. The van der Waals surface area contributed by atoms with Crippen molar-refractivity contribution in [3.63, 3.8) is 0 Å². The number of thiol groups is 1. The van der Waals surface area contributed by atoms with Crippen LogP contribution in [-0.4, -0.2) is 31.2 Å². The zero-order valence-corrected chi connectivity index (χ0v) is 28.7. The molecule has 2 aromatic rings. The van der Waals surface area contributed by atoms with Crippen LogP contribution in [0.1, 0.15) is 90.2 Å². The Bertz CT molecular complexity index is 1140. The van der Waals surface area contributed by atoms with E-state index >= 15 is 0 Å². The summed E-state index contributed by atoms with van der Waals surface area (Å²) in [6.45, 7) is 10.2. The van der Waals surface area contributed by atoms with Crippen LogP contribution in [0, 0.1) is 11.8 Å². The number of fused-ring (bicyclic) bond motifs is 2. The van der Waals surface area contributed by atoms with Crippen molar-refractivity contribution in [2.24, 2.45) is 11.8 Å². The summed E-state index contributed by atoms with van der Waals surface area (Å²) < 4.78 is 1.81. The van der Waals surface area contributed by atoms with Crippen molar-refractivity contribution in [2.45, 2.75) is 79.1 Å². The molecular weight excluding hydrogens is 648 g/mol. The van der Waals surface area contributed by atoms with E-state index < -0.39 is 0 Å². The molecule has 7 heteroatoms. The van der Waals surface area contributed by atoms with E-state index in [0.717, 1.165) is 82.8 Å². The van der Waals surface area contributed by atoms with E-state index in [-0.39, 0.29) is 11.8 Å². The Hall–Kier alpha value is -1.57. The Kier molecular flexibility index (Phi) is 12.8. The lowest BCUT2D eigenvalue weighted by molar-refractivity contribution is -0.114. The highest BCUT2D eigenvalue weighted by Crippen LogP contribution is 2.48. The molecule has 0 fully saturated rings. The van der Waals surface area contributed by atoms with Gasteiger partial charge in [0.2, 0.25) is 0 Å². The summed E-state index contributed by atoms with van der Waals surface area (Å²) >= 11 is 10.8. The third kappa shape index (κ3) is 7.07. The second-order valence-electron chi connectivity index (χ2n) is 10.7. The number of nitrogens with zero attached hydrogens (tertiary/aromatic N) is 2. The van der Waals surface area contributed by atoms with Gasteiger partial charge in [-0.15, -0.1) is 0 Å². The van der Waals surface area contributed by atoms with E-state index in [0.29, 0.717) is 36.1 Å². The molecular formula is C33H44Br2N2O2S. The lowest BCUT2D eigenvalue weighted by atomic mass is 9.96. The molecule has 0 spiro atoms. The van der Waals surface area contributed by atoms with Crippen molar-refractivity contribution in [1.29, 1.82) is 0 Å². The minimum atomic E-state index is -0.0535. The number of amides is 2. The van der Waals surface area contributed by atoms with Gasteiger partial charge in [0.15, 0.2) is 0 Å². The monoisotopic (exact) mass is 690 g/mol. The predicted molar refractivity (Wildman–Crippen MR) is 181 cm³/mol. The topological polar surface area (TPSA) is 40.6 Å². The maximum absolute atomic E-state index is 14.2. The lowest BCUT2D eigenvalue weighted by Gasteiger charge is -2.24. The molecule has 40 heavy (non-hydrogen) atoms. The number of halogens is 2. The van der Waals surface area contributed by atoms with Crippen molar-refractivity contribution < 1.29 is 9.59 Å². The summed E-state index contributed by atoms with van der Waals surface area (Å²) in [7, 11) is 0. The minimum absolute atomic E-state index is 0.0535. The van der Waals surface area contributed by atoms with E-state index in [4.69, 9.17) is 0 Å². The molecule has 0 N–H and O–H groups in total.